The molecule has 0 amide bonds. The number of halogens is 2. The number of carbonyl (C=O) groups is 2. The number of nitrogens with zero attached hydrogens (tertiary/aromatic N) is 2. The maximum atomic E-state index is 13.5. The highest BCUT2D eigenvalue weighted by Crippen LogP contribution is 2.36. The number of pyridine rings is 1. The second-order valence-electron chi connectivity index (χ2n) is 10.8. The van der Waals surface area contributed by atoms with Gasteiger partial charge in [-0.2, -0.15) is 4.73 Å². The lowest BCUT2D eigenvalue weighted by molar-refractivity contribution is -0.605. The highest BCUT2D eigenvalue weighted by Gasteiger charge is 2.26. The van der Waals surface area contributed by atoms with E-state index >= 15 is 0 Å². The lowest BCUT2D eigenvalue weighted by Crippen LogP contribution is -2.30. The van der Waals surface area contributed by atoms with Gasteiger partial charge in [0.25, 0.3) is 0 Å². The number of hydrogen-bond donors (Lipinski definition) is 1. The summed E-state index contributed by atoms with van der Waals surface area (Å²) < 4.78 is 22.9. The zero-order valence-corrected chi connectivity index (χ0v) is 28.9. The summed E-state index contributed by atoms with van der Waals surface area (Å²) in [6.45, 7) is 1.44. The van der Waals surface area contributed by atoms with Gasteiger partial charge in [0.2, 0.25) is 0 Å². The van der Waals surface area contributed by atoms with Crippen LogP contribution in [0, 0.1) is 5.21 Å². The van der Waals surface area contributed by atoms with Gasteiger partial charge < -0.3 is 29.1 Å². The highest BCUT2D eigenvalue weighted by molar-refractivity contribution is 7.13. The van der Waals surface area contributed by atoms with Gasteiger partial charge in [-0.25, -0.2) is 9.59 Å². The Labute approximate surface area is 288 Å². The fourth-order valence-corrected chi connectivity index (χ4v) is 6.22. The number of ether oxygens (including phenoxy) is 4. The van der Waals surface area contributed by atoms with Gasteiger partial charge in [-0.3, -0.25) is 5.32 Å². The van der Waals surface area contributed by atoms with Gasteiger partial charge in [0, 0.05) is 30.0 Å². The van der Waals surface area contributed by atoms with Gasteiger partial charge in [-0.1, -0.05) is 59.6 Å². The van der Waals surface area contributed by atoms with Crippen molar-refractivity contribution < 1.29 is 33.3 Å². The van der Waals surface area contributed by atoms with Gasteiger partial charge in [0.05, 0.1) is 20.8 Å². The summed E-state index contributed by atoms with van der Waals surface area (Å²) in [5.41, 5.74) is 1.83. The van der Waals surface area contributed by atoms with Crippen LogP contribution in [-0.4, -0.2) is 58.3 Å². The van der Waals surface area contributed by atoms with E-state index in [1.54, 1.807) is 24.3 Å². The van der Waals surface area contributed by atoms with Crippen LogP contribution in [-0.2, 0) is 27.2 Å². The Bertz CT molecular complexity index is 1630. The Balaban J connectivity index is 1.50. The van der Waals surface area contributed by atoms with Crippen molar-refractivity contribution in [1.29, 1.82) is 0 Å². The predicted molar refractivity (Wildman–Crippen MR) is 181 cm³/mol. The topological polar surface area (TPSA) is 113 Å². The lowest BCUT2D eigenvalue weighted by Gasteiger charge is -2.20. The average molecular weight is 703 g/mol. The molecule has 0 saturated carbocycles. The van der Waals surface area contributed by atoms with E-state index < -0.39 is 18.1 Å². The van der Waals surface area contributed by atoms with E-state index in [4.69, 9.17) is 42.1 Å². The first-order valence-electron chi connectivity index (χ1n) is 14.8. The van der Waals surface area contributed by atoms with E-state index in [1.807, 2.05) is 55.4 Å². The molecule has 0 radical (unpaired) electrons. The van der Waals surface area contributed by atoms with Crippen LogP contribution in [0.5, 0.6) is 11.5 Å². The van der Waals surface area contributed by atoms with Crippen LogP contribution in [0.2, 0.25) is 10.0 Å². The minimum atomic E-state index is -0.840. The molecule has 0 spiro atoms. The Hall–Kier alpha value is -3.87. The van der Waals surface area contributed by atoms with Gasteiger partial charge in [-0.15, -0.1) is 11.3 Å². The van der Waals surface area contributed by atoms with Crippen molar-refractivity contribution in [1.82, 2.24) is 10.2 Å². The maximum Gasteiger partial charge on any atom is 0.348 e. The largest absolute Gasteiger partial charge is 0.619 e. The molecule has 2 aromatic heterocycles. The molecule has 13 heteroatoms. The van der Waals surface area contributed by atoms with Crippen molar-refractivity contribution >= 4 is 46.5 Å². The van der Waals surface area contributed by atoms with E-state index in [9.17, 15) is 14.8 Å². The minimum Gasteiger partial charge on any atom is -0.619 e. The molecule has 2 atom stereocenters. The Morgan fingerprint density at radius 3 is 2.32 bits per heavy atom. The molecule has 0 aliphatic heterocycles. The molecule has 1 N–H and O–H groups in total. The molecule has 0 aliphatic rings. The molecular weight excluding hydrogens is 665 g/mol. The number of esters is 2. The van der Waals surface area contributed by atoms with Gasteiger partial charge in [0.15, 0.2) is 23.9 Å². The summed E-state index contributed by atoms with van der Waals surface area (Å²) in [4.78, 5) is 29.8. The van der Waals surface area contributed by atoms with Crippen molar-refractivity contribution in [2.45, 2.75) is 31.5 Å². The van der Waals surface area contributed by atoms with Gasteiger partial charge in [-0.05, 0) is 55.9 Å². The molecule has 0 saturated heterocycles. The molecular formula is C34H37Cl2N3O7S. The number of nitrogens with one attached hydrogen (secondary N) is 1. The van der Waals surface area contributed by atoms with Gasteiger partial charge in [0.1, 0.15) is 27.1 Å². The fraction of sp³-hybridized carbons (Fsp3) is 0.324. The number of benzene rings is 2. The number of thiophene rings is 1. The number of aromatic nitrogens is 1. The number of carbonyl (C=O) groups excluding carboxylic acids is 2. The first-order valence-corrected chi connectivity index (χ1v) is 16.3. The Kier molecular flexibility index (Phi) is 13.3. The zero-order valence-electron chi connectivity index (χ0n) is 26.5. The molecule has 4 rings (SSSR count). The summed E-state index contributed by atoms with van der Waals surface area (Å²) in [7, 11) is 6.97. The third-order valence-corrected chi connectivity index (χ3v) is 8.90. The van der Waals surface area contributed by atoms with Crippen LogP contribution in [0.25, 0.3) is 0 Å². The van der Waals surface area contributed by atoms with Crippen LogP contribution >= 0.6 is 34.5 Å². The Morgan fingerprint density at radius 2 is 1.66 bits per heavy atom. The van der Waals surface area contributed by atoms with Crippen molar-refractivity contribution in [3.8, 4) is 11.5 Å². The first kappa shape index (κ1) is 36.0. The number of rotatable bonds is 16. The minimum absolute atomic E-state index is 0.0922. The number of hydrogen-bond acceptors (Lipinski definition) is 10. The van der Waals surface area contributed by atoms with Crippen LogP contribution in [0.1, 0.15) is 49.8 Å². The second-order valence-corrected chi connectivity index (χ2v) is 12.8. The van der Waals surface area contributed by atoms with Crippen molar-refractivity contribution in [2.24, 2.45) is 0 Å². The first-order chi connectivity index (χ1) is 22.6. The summed E-state index contributed by atoms with van der Waals surface area (Å²) >= 11 is 14.0. The van der Waals surface area contributed by atoms with Gasteiger partial charge >= 0.3 is 11.9 Å². The van der Waals surface area contributed by atoms with Crippen molar-refractivity contribution in [3.63, 3.8) is 0 Å². The molecule has 10 nitrogen and oxygen atoms in total. The number of methoxy groups -OCH3 is 2. The fourth-order valence-electron chi connectivity index (χ4n) is 4.78. The molecule has 0 fully saturated rings. The van der Waals surface area contributed by atoms with Crippen LogP contribution in [0.15, 0.2) is 73.1 Å². The quantitative estimate of drug-likeness (QED) is 0.0634. The summed E-state index contributed by atoms with van der Waals surface area (Å²) in [5.74, 6) is 0.0150. The summed E-state index contributed by atoms with van der Waals surface area (Å²) in [5, 5.41) is 15.4. The molecule has 2 aromatic carbocycles. The Morgan fingerprint density at radius 1 is 0.957 bits per heavy atom. The molecule has 47 heavy (non-hydrogen) atoms. The molecule has 250 valence electrons. The maximum absolute atomic E-state index is 13.5. The van der Waals surface area contributed by atoms with E-state index in [2.05, 4.69) is 5.32 Å². The standard InChI is InChI=1S/C34H37Cl2N3O7S/c1-38(2)15-8-16-45-34(41)32(22-9-6-5-7-10-22)37-19-24-12-14-31(47-24)33(40)46-29(18-25-26(35)20-39(42)21-27(25)36)23-11-13-28(43-3)30(17-23)44-4/h5-7,9-14,17,20-21,29,32,37H,8,15-16,18-19H2,1-4H3/t29?,32-/m0/s1. The smallest absolute Gasteiger partial charge is 0.348 e. The summed E-state index contributed by atoms with van der Waals surface area (Å²) in [6, 6.07) is 17.3. The zero-order chi connectivity index (χ0) is 33.9. The molecule has 1 unspecified atom stereocenters. The van der Waals surface area contributed by atoms with Crippen LogP contribution in [0.4, 0.5) is 0 Å². The average Bonchev–Trinajstić information content (AvgIpc) is 3.53. The van der Waals surface area contributed by atoms with E-state index in [1.165, 1.54) is 38.0 Å². The molecule has 4 aromatic rings. The normalized spacial score (nSPS) is 12.4. The van der Waals surface area contributed by atoms with E-state index in [0.717, 1.165) is 23.4 Å². The van der Waals surface area contributed by atoms with Crippen LogP contribution in [0.3, 0.4) is 0 Å². The predicted octanol–water partition coefficient (Wildman–Crippen LogP) is 6.17. The van der Waals surface area contributed by atoms with Crippen molar-refractivity contribution in [3.05, 3.63) is 115 Å². The summed E-state index contributed by atoms with van der Waals surface area (Å²) in [6.07, 6.45) is 2.36. The molecule has 2 heterocycles. The lowest BCUT2D eigenvalue weighted by atomic mass is 10.0. The van der Waals surface area contributed by atoms with E-state index in [0.29, 0.717) is 45.4 Å². The second kappa shape index (κ2) is 17.3. The SMILES string of the molecule is COc1ccc(C(Cc2c(Cl)c[n+]([O-])cc2Cl)OC(=O)c2ccc(CN[C@H](C(=O)OCCCN(C)C)c3ccccc3)s2)cc1OC. The molecule has 0 bridgehead atoms. The monoisotopic (exact) mass is 701 g/mol. The van der Waals surface area contributed by atoms with E-state index in [-0.39, 0.29) is 22.4 Å². The highest BCUT2D eigenvalue weighted by atomic mass is 35.5. The third kappa shape index (κ3) is 10.1. The van der Waals surface area contributed by atoms with Crippen molar-refractivity contribution in [2.75, 3.05) is 41.5 Å². The third-order valence-electron chi connectivity index (χ3n) is 7.18. The van der Waals surface area contributed by atoms with Crippen LogP contribution < -0.4 is 19.5 Å². The molecule has 0 aliphatic carbocycles.